The smallest absolute Gasteiger partial charge is 0.237 e. The van der Waals surface area contributed by atoms with Gasteiger partial charge in [0, 0.05) is 6.20 Å². The van der Waals surface area contributed by atoms with Gasteiger partial charge in [-0.2, -0.15) is 5.26 Å². The Morgan fingerprint density at radius 1 is 1.75 bits per heavy atom. The van der Waals surface area contributed by atoms with Crippen LogP contribution in [-0.4, -0.2) is 12.1 Å². The summed E-state index contributed by atoms with van der Waals surface area (Å²) in [7, 11) is 1.49. The maximum Gasteiger partial charge on any atom is 0.237 e. The molecule has 1 aromatic rings. The minimum absolute atomic E-state index is 0.282. The standard InChI is InChI=1S/C8H9N3O/c1-12-8-7(10)6(2-4-9)3-5-11-8/h3,5H,2,10H2,1H3. The van der Waals surface area contributed by atoms with Gasteiger partial charge in [-0.25, -0.2) is 4.98 Å². The second-order valence-corrected chi connectivity index (χ2v) is 2.23. The summed E-state index contributed by atoms with van der Waals surface area (Å²) in [6.07, 6.45) is 1.85. The van der Waals surface area contributed by atoms with Crippen molar-refractivity contribution < 1.29 is 4.74 Å². The first kappa shape index (κ1) is 8.34. The van der Waals surface area contributed by atoms with E-state index in [2.05, 4.69) is 4.98 Å². The number of methoxy groups -OCH3 is 1. The predicted molar refractivity (Wildman–Crippen MR) is 44.5 cm³/mol. The zero-order valence-corrected chi connectivity index (χ0v) is 6.74. The number of nitrogens with zero attached hydrogens (tertiary/aromatic N) is 2. The average molecular weight is 163 g/mol. The Labute approximate surface area is 70.6 Å². The highest BCUT2D eigenvalue weighted by molar-refractivity contribution is 5.55. The van der Waals surface area contributed by atoms with Crippen LogP contribution in [0.5, 0.6) is 5.88 Å². The van der Waals surface area contributed by atoms with Crippen molar-refractivity contribution in [2.45, 2.75) is 6.42 Å². The summed E-state index contributed by atoms with van der Waals surface area (Å²) in [6.45, 7) is 0. The van der Waals surface area contributed by atoms with Gasteiger partial charge >= 0.3 is 0 Å². The second kappa shape index (κ2) is 3.58. The van der Waals surface area contributed by atoms with Crippen LogP contribution in [0, 0.1) is 11.3 Å². The summed E-state index contributed by atoms with van der Waals surface area (Å²) >= 11 is 0. The number of pyridine rings is 1. The summed E-state index contributed by atoms with van der Waals surface area (Å²) < 4.78 is 4.89. The lowest BCUT2D eigenvalue weighted by atomic mass is 10.2. The van der Waals surface area contributed by atoms with Gasteiger partial charge in [0.15, 0.2) is 0 Å². The Hall–Kier alpha value is -1.76. The van der Waals surface area contributed by atoms with E-state index >= 15 is 0 Å². The largest absolute Gasteiger partial charge is 0.480 e. The normalized spacial score (nSPS) is 9.00. The highest BCUT2D eigenvalue weighted by atomic mass is 16.5. The third kappa shape index (κ3) is 1.45. The van der Waals surface area contributed by atoms with E-state index in [0.717, 1.165) is 5.56 Å². The van der Waals surface area contributed by atoms with Crippen molar-refractivity contribution in [2.24, 2.45) is 0 Å². The molecule has 1 heterocycles. The van der Waals surface area contributed by atoms with Crippen LogP contribution in [0.25, 0.3) is 0 Å². The van der Waals surface area contributed by atoms with Gasteiger partial charge in [-0.15, -0.1) is 0 Å². The Kier molecular flexibility index (Phi) is 2.49. The summed E-state index contributed by atoms with van der Waals surface area (Å²) in [5.41, 5.74) is 6.84. The van der Waals surface area contributed by atoms with Gasteiger partial charge in [-0.3, -0.25) is 0 Å². The Morgan fingerprint density at radius 3 is 3.08 bits per heavy atom. The van der Waals surface area contributed by atoms with Crippen LogP contribution in [0.4, 0.5) is 5.69 Å². The Bertz CT molecular complexity index is 317. The minimum atomic E-state index is 0.282. The fourth-order valence-electron chi connectivity index (χ4n) is 0.894. The molecule has 0 radical (unpaired) electrons. The fourth-order valence-corrected chi connectivity index (χ4v) is 0.894. The van der Waals surface area contributed by atoms with Crippen LogP contribution in [0.15, 0.2) is 12.3 Å². The van der Waals surface area contributed by atoms with Crippen molar-refractivity contribution in [3.63, 3.8) is 0 Å². The molecule has 0 aliphatic rings. The first-order chi connectivity index (χ1) is 5.79. The number of nitriles is 1. The Balaban J connectivity index is 3.07. The predicted octanol–water partition coefficient (Wildman–Crippen LogP) is 0.738. The van der Waals surface area contributed by atoms with E-state index in [1.54, 1.807) is 12.3 Å². The molecule has 1 aromatic heterocycles. The highest BCUT2D eigenvalue weighted by Gasteiger charge is 2.04. The van der Waals surface area contributed by atoms with Gasteiger partial charge in [-0.05, 0) is 11.6 Å². The van der Waals surface area contributed by atoms with Gasteiger partial charge in [0.1, 0.15) is 0 Å². The van der Waals surface area contributed by atoms with Gasteiger partial charge in [-0.1, -0.05) is 0 Å². The number of anilines is 1. The lowest BCUT2D eigenvalue weighted by Gasteiger charge is -2.04. The lowest BCUT2D eigenvalue weighted by Crippen LogP contribution is -1.99. The molecule has 0 aliphatic heterocycles. The third-order valence-corrected chi connectivity index (χ3v) is 1.51. The lowest BCUT2D eigenvalue weighted by molar-refractivity contribution is 0.400. The van der Waals surface area contributed by atoms with Crippen LogP contribution in [0.3, 0.4) is 0 Å². The topological polar surface area (TPSA) is 71.9 Å². The molecule has 0 unspecified atom stereocenters. The first-order valence-electron chi connectivity index (χ1n) is 3.44. The van der Waals surface area contributed by atoms with Gasteiger partial charge in [0.25, 0.3) is 0 Å². The summed E-state index contributed by atoms with van der Waals surface area (Å²) in [6, 6.07) is 3.72. The Morgan fingerprint density at radius 2 is 2.50 bits per heavy atom. The van der Waals surface area contributed by atoms with Gasteiger partial charge < -0.3 is 10.5 Å². The first-order valence-corrected chi connectivity index (χ1v) is 3.44. The molecule has 0 aromatic carbocycles. The van der Waals surface area contributed by atoms with Gasteiger partial charge in [0.05, 0.1) is 25.3 Å². The van der Waals surface area contributed by atoms with E-state index in [1.807, 2.05) is 6.07 Å². The van der Waals surface area contributed by atoms with E-state index < -0.39 is 0 Å². The number of aromatic nitrogens is 1. The van der Waals surface area contributed by atoms with Crippen LogP contribution in [0.1, 0.15) is 5.56 Å². The number of nitrogen functional groups attached to an aromatic ring is 1. The van der Waals surface area contributed by atoms with E-state index in [1.165, 1.54) is 7.11 Å². The molecule has 0 spiro atoms. The van der Waals surface area contributed by atoms with Crippen molar-refractivity contribution in [1.29, 1.82) is 5.26 Å². The second-order valence-electron chi connectivity index (χ2n) is 2.23. The molecule has 0 fully saturated rings. The monoisotopic (exact) mass is 163 g/mol. The third-order valence-electron chi connectivity index (χ3n) is 1.51. The summed E-state index contributed by atoms with van der Waals surface area (Å²) in [5, 5.41) is 8.44. The quantitative estimate of drug-likeness (QED) is 0.697. The molecule has 0 saturated heterocycles. The maximum absolute atomic E-state index is 8.44. The van der Waals surface area contributed by atoms with Crippen LogP contribution < -0.4 is 10.5 Å². The molecule has 1 rings (SSSR count). The van der Waals surface area contributed by atoms with Crippen LogP contribution in [0.2, 0.25) is 0 Å². The molecule has 62 valence electrons. The van der Waals surface area contributed by atoms with E-state index in [9.17, 15) is 0 Å². The van der Waals surface area contributed by atoms with Crippen molar-refractivity contribution >= 4 is 5.69 Å². The van der Waals surface area contributed by atoms with Crippen LogP contribution >= 0.6 is 0 Å². The zero-order chi connectivity index (χ0) is 8.97. The molecule has 0 aliphatic carbocycles. The maximum atomic E-state index is 8.44. The number of nitrogens with two attached hydrogens (primary N) is 1. The number of hydrogen-bond acceptors (Lipinski definition) is 4. The molecule has 0 atom stereocenters. The van der Waals surface area contributed by atoms with Gasteiger partial charge in [0.2, 0.25) is 5.88 Å². The minimum Gasteiger partial charge on any atom is -0.480 e. The van der Waals surface area contributed by atoms with Crippen LogP contribution in [-0.2, 0) is 6.42 Å². The number of hydrogen-bond donors (Lipinski definition) is 1. The molecule has 2 N–H and O–H groups in total. The van der Waals surface area contributed by atoms with E-state index in [4.69, 9.17) is 15.7 Å². The molecule has 0 saturated carbocycles. The molecule has 12 heavy (non-hydrogen) atoms. The molecule has 4 heteroatoms. The average Bonchev–Trinajstić information content (AvgIpc) is 2.09. The molecular formula is C8H9N3O. The van der Waals surface area contributed by atoms with Crippen molar-refractivity contribution in [2.75, 3.05) is 12.8 Å². The summed E-state index contributed by atoms with van der Waals surface area (Å²) in [4.78, 5) is 3.88. The SMILES string of the molecule is COc1nccc(CC#N)c1N. The zero-order valence-electron chi connectivity index (χ0n) is 6.74. The molecule has 0 bridgehead atoms. The molecule has 0 amide bonds. The van der Waals surface area contributed by atoms with Crippen molar-refractivity contribution in [3.8, 4) is 11.9 Å². The fraction of sp³-hybridized carbons (Fsp3) is 0.250. The van der Waals surface area contributed by atoms with E-state index in [-0.39, 0.29) is 6.42 Å². The number of ether oxygens (including phenoxy) is 1. The van der Waals surface area contributed by atoms with Crippen molar-refractivity contribution in [1.82, 2.24) is 4.98 Å². The van der Waals surface area contributed by atoms with Crippen molar-refractivity contribution in [3.05, 3.63) is 17.8 Å². The summed E-state index contributed by atoms with van der Waals surface area (Å²) in [5.74, 6) is 0.378. The molecule has 4 nitrogen and oxygen atoms in total. The molecular weight excluding hydrogens is 154 g/mol. The number of rotatable bonds is 2. The van der Waals surface area contributed by atoms with E-state index in [0.29, 0.717) is 11.6 Å². The highest BCUT2D eigenvalue weighted by Crippen LogP contribution is 2.21.